The van der Waals surface area contributed by atoms with E-state index in [2.05, 4.69) is 15.3 Å². The van der Waals surface area contributed by atoms with Crippen molar-refractivity contribution in [1.29, 1.82) is 0 Å². The molecule has 0 aliphatic carbocycles. The maximum atomic E-state index is 11.9. The number of hydrogen-bond acceptors (Lipinski definition) is 5. The van der Waals surface area contributed by atoms with Crippen LogP contribution in [-0.4, -0.2) is 36.2 Å². The Hall–Kier alpha value is -2.70. The van der Waals surface area contributed by atoms with Crippen molar-refractivity contribution in [2.24, 2.45) is 0 Å². The van der Waals surface area contributed by atoms with Gasteiger partial charge in [0.25, 0.3) is 5.91 Å². The van der Waals surface area contributed by atoms with E-state index >= 15 is 0 Å². The van der Waals surface area contributed by atoms with Crippen molar-refractivity contribution in [3.8, 4) is 17.2 Å². The first-order chi connectivity index (χ1) is 10.3. The summed E-state index contributed by atoms with van der Waals surface area (Å²) in [6, 6.07) is 3.59. The molecule has 1 amide bonds. The van der Waals surface area contributed by atoms with E-state index in [0.717, 1.165) is 5.56 Å². The van der Waals surface area contributed by atoms with Crippen LogP contribution in [0.25, 0.3) is 0 Å². The van der Waals surface area contributed by atoms with Crippen LogP contribution in [0.5, 0.6) is 17.2 Å². The third kappa shape index (κ3) is 2.76. The van der Waals surface area contributed by atoms with Gasteiger partial charge in [-0.3, -0.25) is 4.79 Å². The molecule has 0 atom stereocenters. The van der Waals surface area contributed by atoms with E-state index in [0.29, 0.717) is 42.7 Å². The summed E-state index contributed by atoms with van der Waals surface area (Å²) in [4.78, 5) is 18.5. The molecule has 7 heteroatoms. The number of methoxy groups -OCH3 is 1. The summed E-state index contributed by atoms with van der Waals surface area (Å²) >= 11 is 0. The molecule has 1 aliphatic rings. The van der Waals surface area contributed by atoms with Crippen LogP contribution in [-0.2, 0) is 6.54 Å². The summed E-state index contributed by atoms with van der Waals surface area (Å²) in [6.45, 7) is 1.35. The van der Waals surface area contributed by atoms with Crippen molar-refractivity contribution in [1.82, 2.24) is 15.3 Å². The standard InChI is InChI=1S/C14H15N3O4/c1-19-11-5-13-12(20-2-3-21-13)4-9(11)6-16-14(18)10-7-15-8-17-10/h4-5,7-8H,2-3,6H2,1H3,(H,15,17)(H,16,18). The number of nitrogens with zero attached hydrogens (tertiary/aromatic N) is 1. The molecular weight excluding hydrogens is 274 g/mol. The van der Waals surface area contributed by atoms with Gasteiger partial charge in [-0.25, -0.2) is 4.98 Å². The average molecular weight is 289 g/mol. The Bertz CT molecular complexity index is 640. The van der Waals surface area contributed by atoms with Gasteiger partial charge in [-0.15, -0.1) is 0 Å². The number of H-pyrrole nitrogens is 1. The molecule has 21 heavy (non-hydrogen) atoms. The van der Waals surface area contributed by atoms with Crippen LogP contribution in [0, 0.1) is 0 Å². The topological polar surface area (TPSA) is 85.5 Å². The minimum Gasteiger partial charge on any atom is -0.496 e. The first kappa shape index (κ1) is 13.3. The van der Waals surface area contributed by atoms with Crippen molar-refractivity contribution < 1.29 is 19.0 Å². The lowest BCUT2D eigenvalue weighted by Gasteiger charge is -2.20. The van der Waals surface area contributed by atoms with Gasteiger partial charge in [-0.05, 0) is 6.07 Å². The molecule has 0 saturated carbocycles. The summed E-state index contributed by atoms with van der Waals surface area (Å²) in [5, 5.41) is 2.80. The summed E-state index contributed by atoms with van der Waals surface area (Å²) in [7, 11) is 1.58. The number of carbonyl (C=O) groups is 1. The zero-order chi connectivity index (χ0) is 14.7. The van der Waals surface area contributed by atoms with Gasteiger partial charge in [0.05, 0.1) is 19.6 Å². The van der Waals surface area contributed by atoms with Crippen LogP contribution in [0.4, 0.5) is 0 Å². The molecule has 1 aliphatic heterocycles. The van der Waals surface area contributed by atoms with Gasteiger partial charge in [0, 0.05) is 18.2 Å². The fraction of sp³-hybridized carbons (Fsp3) is 0.286. The molecular formula is C14H15N3O4. The average Bonchev–Trinajstić information content (AvgIpc) is 3.06. The number of amides is 1. The minimum atomic E-state index is -0.232. The Morgan fingerprint density at radius 2 is 2.14 bits per heavy atom. The monoisotopic (exact) mass is 289 g/mol. The van der Waals surface area contributed by atoms with Crippen LogP contribution in [0.1, 0.15) is 16.1 Å². The second-order valence-corrected chi connectivity index (χ2v) is 4.46. The zero-order valence-corrected chi connectivity index (χ0v) is 11.5. The van der Waals surface area contributed by atoms with Gasteiger partial charge >= 0.3 is 0 Å². The van der Waals surface area contributed by atoms with Crippen LogP contribution in [0.15, 0.2) is 24.7 Å². The fourth-order valence-electron chi connectivity index (χ4n) is 2.09. The number of aromatic amines is 1. The number of rotatable bonds is 4. The normalized spacial score (nSPS) is 12.8. The number of ether oxygens (including phenoxy) is 3. The number of benzene rings is 1. The van der Waals surface area contributed by atoms with E-state index in [1.54, 1.807) is 13.2 Å². The highest BCUT2D eigenvalue weighted by atomic mass is 16.6. The number of carbonyl (C=O) groups excluding carboxylic acids is 1. The van der Waals surface area contributed by atoms with Crippen LogP contribution in [0.3, 0.4) is 0 Å². The van der Waals surface area contributed by atoms with Gasteiger partial charge in [0.15, 0.2) is 11.5 Å². The number of aromatic nitrogens is 2. The Morgan fingerprint density at radius 3 is 2.81 bits per heavy atom. The predicted molar refractivity (Wildman–Crippen MR) is 73.7 cm³/mol. The van der Waals surface area contributed by atoms with Gasteiger partial charge in [-0.2, -0.15) is 0 Å². The van der Waals surface area contributed by atoms with Crippen LogP contribution < -0.4 is 19.5 Å². The molecule has 0 radical (unpaired) electrons. The molecule has 0 unspecified atom stereocenters. The van der Waals surface area contributed by atoms with E-state index in [9.17, 15) is 4.79 Å². The minimum absolute atomic E-state index is 0.232. The molecule has 3 rings (SSSR count). The molecule has 2 aromatic rings. The quantitative estimate of drug-likeness (QED) is 0.881. The molecule has 2 heterocycles. The lowest BCUT2D eigenvalue weighted by atomic mass is 10.1. The van der Waals surface area contributed by atoms with Gasteiger partial charge in [-0.1, -0.05) is 0 Å². The van der Waals surface area contributed by atoms with Crippen molar-refractivity contribution in [3.05, 3.63) is 35.9 Å². The summed E-state index contributed by atoms with van der Waals surface area (Å²) < 4.78 is 16.4. The maximum absolute atomic E-state index is 11.9. The largest absolute Gasteiger partial charge is 0.496 e. The summed E-state index contributed by atoms with van der Waals surface area (Å²) in [6.07, 6.45) is 2.93. The molecule has 2 N–H and O–H groups in total. The van der Waals surface area contributed by atoms with E-state index in [4.69, 9.17) is 14.2 Å². The first-order valence-corrected chi connectivity index (χ1v) is 6.51. The Balaban J connectivity index is 1.76. The van der Waals surface area contributed by atoms with Gasteiger partial charge in [0.1, 0.15) is 24.7 Å². The number of fused-ring (bicyclic) bond motifs is 1. The first-order valence-electron chi connectivity index (χ1n) is 6.51. The lowest BCUT2D eigenvalue weighted by molar-refractivity contribution is 0.0946. The van der Waals surface area contributed by atoms with E-state index < -0.39 is 0 Å². The number of nitrogens with one attached hydrogen (secondary N) is 2. The number of imidazole rings is 1. The second kappa shape index (κ2) is 5.74. The van der Waals surface area contributed by atoms with Crippen LogP contribution >= 0.6 is 0 Å². The lowest BCUT2D eigenvalue weighted by Crippen LogP contribution is -2.23. The van der Waals surface area contributed by atoms with Crippen molar-refractivity contribution in [2.75, 3.05) is 20.3 Å². The van der Waals surface area contributed by atoms with Crippen LogP contribution in [0.2, 0.25) is 0 Å². The maximum Gasteiger partial charge on any atom is 0.269 e. The van der Waals surface area contributed by atoms with Gasteiger partial charge in [0.2, 0.25) is 0 Å². The predicted octanol–water partition coefficient (Wildman–Crippen LogP) is 1.12. The second-order valence-electron chi connectivity index (χ2n) is 4.46. The molecule has 110 valence electrons. The Labute approximate surface area is 121 Å². The highest BCUT2D eigenvalue weighted by molar-refractivity contribution is 5.91. The molecule has 0 saturated heterocycles. The third-order valence-corrected chi connectivity index (χ3v) is 3.13. The van der Waals surface area contributed by atoms with Gasteiger partial charge < -0.3 is 24.5 Å². The molecule has 0 spiro atoms. The zero-order valence-electron chi connectivity index (χ0n) is 11.5. The molecule has 0 fully saturated rings. The van der Waals surface area contributed by atoms with Crippen molar-refractivity contribution in [2.45, 2.75) is 6.54 Å². The molecule has 0 bridgehead atoms. The Morgan fingerprint density at radius 1 is 1.38 bits per heavy atom. The third-order valence-electron chi connectivity index (χ3n) is 3.13. The van der Waals surface area contributed by atoms with E-state index in [1.165, 1.54) is 12.5 Å². The molecule has 7 nitrogen and oxygen atoms in total. The molecule has 1 aromatic carbocycles. The molecule has 1 aromatic heterocycles. The van der Waals surface area contributed by atoms with E-state index in [1.807, 2.05) is 6.07 Å². The fourth-order valence-corrected chi connectivity index (χ4v) is 2.09. The summed E-state index contributed by atoms with van der Waals surface area (Å²) in [5.74, 6) is 1.73. The highest BCUT2D eigenvalue weighted by Crippen LogP contribution is 2.36. The Kier molecular flexibility index (Phi) is 3.63. The number of hydrogen-bond donors (Lipinski definition) is 2. The smallest absolute Gasteiger partial charge is 0.269 e. The van der Waals surface area contributed by atoms with Crippen molar-refractivity contribution >= 4 is 5.91 Å². The highest BCUT2D eigenvalue weighted by Gasteiger charge is 2.17. The SMILES string of the molecule is COc1cc2c(cc1CNC(=O)c1cnc[nH]1)OCCO2. The van der Waals surface area contributed by atoms with E-state index in [-0.39, 0.29) is 5.91 Å². The summed E-state index contributed by atoms with van der Waals surface area (Å²) in [5.41, 5.74) is 1.22. The van der Waals surface area contributed by atoms with Crippen molar-refractivity contribution in [3.63, 3.8) is 0 Å².